The smallest absolute Gasteiger partial charge is 0.134 e. The van der Waals surface area contributed by atoms with E-state index in [1.807, 2.05) is 18.2 Å². The van der Waals surface area contributed by atoms with E-state index in [4.69, 9.17) is 9.15 Å². The molecule has 1 fully saturated rings. The van der Waals surface area contributed by atoms with Crippen LogP contribution in [0.4, 0.5) is 0 Å². The summed E-state index contributed by atoms with van der Waals surface area (Å²) in [5.41, 5.74) is 2.41. The largest absolute Gasteiger partial charge is 0.497 e. The van der Waals surface area contributed by atoms with Gasteiger partial charge in [0.25, 0.3) is 0 Å². The summed E-state index contributed by atoms with van der Waals surface area (Å²) in [6, 6.07) is 19.0. The summed E-state index contributed by atoms with van der Waals surface area (Å²) >= 11 is 0. The van der Waals surface area contributed by atoms with Crippen molar-refractivity contribution in [1.29, 1.82) is 0 Å². The first-order chi connectivity index (χ1) is 12.8. The zero-order valence-electron chi connectivity index (χ0n) is 15.9. The molecule has 144 valence electrons. The predicted octanol–water partition coefficient (Wildman–Crippen LogP) is 5.68. The molecule has 4 heteroatoms. The Balaban J connectivity index is 0.00000210. The molecule has 0 aliphatic carbocycles. The van der Waals surface area contributed by atoms with Gasteiger partial charge in [-0.2, -0.15) is 0 Å². The van der Waals surface area contributed by atoms with Gasteiger partial charge in [0, 0.05) is 18.4 Å². The Morgan fingerprint density at radius 1 is 1.11 bits per heavy atom. The number of benzene rings is 2. The molecule has 1 atom stereocenters. The molecule has 0 amide bonds. The summed E-state index contributed by atoms with van der Waals surface area (Å²) in [7, 11) is 1.74. The fourth-order valence-electron chi connectivity index (χ4n) is 4.06. The van der Waals surface area contributed by atoms with E-state index in [1.54, 1.807) is 7.11 Å². The first kappa shape index (κ1) is 19.8. The molecule has 4 rings (SSSR count). The van der Waals surface area contributed by atoms with Crippen molar-refractivity contribution in [2.24, 2.45) is 0 Å². The van der Waals surface area contributed by atoms with Crippen LogP contribution in [-0.4, -0.2) is 31.6 Å². The van der Waals surface area contributed by atoms with E-state index in [-0.39, 0.29) is 12.4 Å². The number of rotatable bonds is 6. The lowest BCUT2D eigenvalue weighted by Gasteiger charge is -2.33. The lowest BCUT2D eigenvalue weighted by Crippen LogP contribution is -2.35. The second-order valence-corrected chi connectivity index (χ2v) is 7.27. The van der Waals surface area contributed by atoms with Gasteiger partial charge in [0.15, 0.2) is 0 Å². The molecule has 1 aromatic heterocycles. The van der Waals surface area contributed by atoms with Crippen LogP contribution in [0.5, 0.6) is 5.75 Å². The fraction of sp³-hybridized carbons (Fsp3) is 0.391. The van der Waals surface area contributed by atoms with Gasteiger partial charge in [-0.15, -0.1) is 12.4 Å². The molecule has 3 aromatic rings. The predicted molar refractivity (Wildman–Crippen MR) is 113 cm³/mol. The van der Waals surface area contributed by atoms with E-state index in [9.17, 15) is 0 Å². The highest BCUT2D eigenvalue weighted by atomic mass is 35.5. The summed E-state index contributed by atoms with van der Waals surface area (Å²) in [5.74, 6) is 2.68. The number of halogens is 1. The quantitative estimate of drug-likeness (QED) is 0.546. The highest BCUT2D eigenvalue weighted by Gasteiger charge is 2.21. The van der Waals surface area contributed by atoms with Crippen molar-refractivity contribution < 1.29 is 9.15 Å². The maximum absolute atomic E-state index is 5.94. The van der Waals surface area contributed by atoms with Gasteiger partial charge in [0.1, 0.15) is 17.1 Å². The number of likely N-dealkylation sites (tertiary alicyclic amines) is 1. The molecule has 2 heterocycles. The van der Waals surface area contributed by atoms with Crippen molar-refractivity contribution >= 4 is 23.4 Å². The Morgan fingerprint density at radius 3 is 2.85 bits per heavy atom. The number of piperidine rings is 1. The third kappa shape index (κ3) is 4.85. The highest BCUT2D eigenvalue weighted by Crippen LogP contribution is 2.29. The number of ether oxygens (including phenoxy) is 1. The molecule has 1 unspecified atom stereocenters. The number of para-hydroxylation sites is 1. The number of aryl methyl sites for hydroxylation is 1. The van der Waals surface area contributed by atoms with Crippen LogP contribution in [0, 0.1) is 0 Å². The summed E-state index contributed by atoms with van der Waals surface area (Å²) in [4.78, 5) is 2.61. The van der Waals surface area contributed by atoms with Gasteiger partial charge in [-0.05, 0) is 68.1 Å². The SMILES string of the molecule is COc1cccc(C2CCCN(CCCc3cc4ccccc4o3)C2)c1.Cl. The van der Waals surface area contributed by atoms with Crippen LogP contribution in [0.1, 0.15) is 36.5 Å². The minimum Gasteiger partial charge on any atom is -0.497 e. The molecule has 0 spiro atoms. The van der Waals surface area contributed by atoms with Crippen molar-refractivity contribution in [3.63, 3.8) is 0 Å². The van der Waals surface area contributed by atoms with Crippen LogP contribution in [-0.2, 0) is 6.42 Å². The van der Waals surface area contributed by atoms with Gasteiger partial charge < -0.3 is 14.1 Å². The second-order valence-electron chi connectivity index (χ2n) is 7.27. The van der Waals surface area contributed by atoms with Crippen molar-refractivity contribution in [1.82, 2.24) is 4.90 Å². The topological polar surface area (TPSA) is 25.6 Å². The number of fused-ring (bicyclic) bond motifs is 1. The van der Waals surface area contributed by atoms with Crippen molar-refractivity contribution in [3.05, 3.63) is 65.9 Å². The van der Waals surface area contributed by atoms with Crippen LogP contribution < -0.4 is 4.74 Å². The van der Waals surface area contributed by atoms with Crippen molar-refractivity contribution in [3.8, 4) is 5.75 Å². The lowest BCUT2D eigenvalue weighted by atomic mass is 9.90. The summed E-state index contributed by atoms with van der Waals surface area (Å²) in [6.45, 7) is 3.49. The summed E-state index contributed by atoms with van der Waals surface area (Å²) in [5, 5.41) is 1.21. The van der Waals surface area contributed by atoms with E-state index < -0.39 is 0 Å². The molecule has 2 aromatic carbocycles. The Kier molecular flexibility index (Phi) is 6.81. The van der Waals surface area contributed by atoms with Crippen LogP contribution in [0.2, 0.25) is 0 Å². The number of hydrogen-bond acceptors (Lipinski definition) is 3. The Bertz CT molecular complexity index is 827. The first-order valence-electron chi connectivity index (χ1n) is 9.65. The molecule has 0 radical (unpaired) electrons. The monoisotopic (exact) mass is 385 g/mol. The molecule has 1 aliphatic rings. The fourth-order valence-corrected chi connectivity index (χ4v) is 4.06. The van der Waals surface area contributed by atoms with E-state index in [0.29, 0.717) is 5.92 Å². The number of hydrogen-bond donors (Lipinski definition) is 0. The van der Waals surface area contributed by atoms with Crippen LogP contribution in [0.15, 0.2) is 59.0 Å². The van der Waals surface area contributed by atoms with Gasteiger partial charge in [-0.25, -0.2) is 0 Å². The van der Waals surface area contributed by atoms with E-state index in [1.165, 1.54) is 30.3 Å². The van der Waals surface area contributed by atoms with Gasteiger partial charge in [0.2, 0.25) is 0 Å². The molecule has 1 saturated heterocycles. The molecular weight excluding hydrogens is 358 g/mol. The molecule has 0 saturated carbocycles. The molecule has 1 aliphatic heterocycles. The van der Waals surface area contributed by atoms with E-state index in [2.05, 4.69) is 41.3 Å². The minimum absolute atomic E-state index is 0. The van der Waals surface area contributed by atoms with Gasteiger partial charge in [0.05, 0.1) is 7.11 Å². The third-order valence-electron chi connectivity index (χ3n) is 5.44. The minimum atomic E-state index is 0. The number of furan rings is 1. The Hall–Kier alpha value is -1.97. The van der Waals surface area contributed by atoms with Crippen molar-refractivity contribution in [2.45, 2.75) is 31.6 Å². The van der Waals surface area contributed by atoms with Crippen LogP contribution >= 0.6 is 12.4 Å². The van der Waals surface area contributed by atoms with Crippen molar-refractivity contribution in [2.75, 3.05) is 26.7 Å². The zero-order chi connectivity index (χ0) is 17.8. The molecular formula is C23H28ClNO2. The number of methoxy groups -OCH3 is 1. The zero-order valence-corrected chi connectivity index (χ0v) is 16.7. The first-order valence-corrected chi connectivity index (χ1v) is 9.65. The van der Waals surface area contributed by atoms with E-state index >= 15 is 0 Å². The highest BCUT2D eigenvalue weighted by molar-refractivity contribution is 5.85. The Morgan fingerprint density at radius 2 is 2.00 bits per heavy atom. The van der Waals surface area contributed by atoms with Crippen LogP contribution in [0.3, 0.4) is 0 Å². The molecule has 27 heavy (non-hydrogen) atoms. The molecule has 0 bridgehead atoms. The normalized spacial score (nSPS) is 17.6. The summed E-state index contributed by atoms with van der Waals surface area (Å²) in [6.07, 6.45) is 4.69. The summed E-state index contributed by atoms with van der Waals surface area (Å²) < 4.78 is 11.3. The molecule has 0 N–H and O–H groups in total. The van der Waals surface area contributed by atoms with Gasteiger partial charge >= 0.3 is 0 Å². The molecule has 3 nitrogen and oxygen atoms in total. The standard InChI is InChI=1S/C23H27NO2.ClH/c1-25-21-10-4-8-18(15-21)20-9-5-13-24(17-20)14-6-11-22-16-19-7-2-3-12-23(19)26-22;/h2-4,7-8,10,12,15-16,20H,5-6,9,11,13-14,17H2,1H3;1H. The maximum atomic E-state index is 5.94. The third-order valence-corrected chi connectivity index (χ3v) is 5.44. The lowest BCUT2D eigenvalue weighted by molar-refractivity contribution is 0.205. The second kappa shape index (κ2) is 9.29. The number of nitrogens with zero attached hydrogens (tertiary/aromatic N) is 1. The van der Waals surface area contributed by atoms with E-state index in [0.717, 1.165) is 43.0 Å². The Labute approximate surface area is 167 Å². The van der Waals surface area contributed by atoms with Gasteiger partial charge in [-0.3, -0.25) is 0 Å². The average Bonchev–Trinajstić information content (AvgIpc) is 3.11. The average molecular weight is 386 g/mol. The van der Waals surface area contributed by atoms with Gasteiger partial charge in [-0.1, -0.05) is 30.3 Å². The maximum Gasteiger partial charge on any atom is 0.134 e. The van der Waals surface area contributed by atoms with Crippen LogP contribution in [0.25, 0.3) is 11.0 Å².